The summed E-state index contributed by atoms with van der Waals surface area (Å²) in [6.07, 6.45) is 1.56. The van der Waals surface area contributed by atoms with Gasteiger partial charge in [-0.1, -0.05) is 0 Å². The first kappa shape index (κ1) is 16.1. The van der Waals surface area contributed by atoms with Gasteiger partial charge in [0.05, 0.1) is 5.41 Å². The van der Waals surface area contributed by atoms with Crippen LogP contribution in [0.5, 0.6) is 11.6 Å². The van der Waals surface area contributed by atoms with E-state index in [-0.39, 0.29) is 18.4 Å². The van der Waals surface area contributed by atoms with Crippen molar-refractivity contribution in [2.24, 2.45) is 5.41 Å². The summed E-state index contributed by atoms with van der Waals surface area (Å²) in [5.74, 6) is -0.648. The second-order valence-electron chi connectivity index (χ2n) is 5.86. The Morgan fingerprint density at radius 3 is 2.64 bits per heavy atom. The zero-order chi connectivity index (χ0) is 16.5. The Labute approximate surface area is 126 Å². The zero-order valence-corrected chi connectivity index (χ0v) is 12.5. The van der Waals surface area contributed by atoms with Crippen molar-refractivity contribution in [2.45, 2.75) is 34.1 Å². The highest BCUT2D eigenvalue weighted by atomic mass is 19.3. The number of aromatic hydroxyl groups is 1. The Kier molecular flexibility index (Phi) is 4.25. The number of esters is 1. The molecule has 120 valence electrons. The lowest BCUT2D eigenvalue weighted by Gasteiger charge is -2.16. The number of nitrogens with zero attached hydrogens (tertiary/aromatic N) is 1. The minimum absolute atomic E-state index is 0.0535. The molecule has 0 radical (unpaired) electrons. The topological polar surface area (TPSA) is 60.7 Å². The molecule has 1 aromatic carbocycles. The van der Waals surface area contributed by atoms with Crippen LogP contribution in [0, 0.1) is 5.41 Å². The number of benzene rings is 1. The fourth-order valence-corrected chi connectivity index (χ4v) is 1.84. The van der Waals surface area contributed by atoms with Crippen LogP contribution in [0.1, 0.15) is 20.8 Å². The Hall–Kier alpha value is -2.31. The third-order valence-electron chi connectivity index (χ3n) is 3.00. The Bertz CT molecular complexity index is 689. The second-order valence-corrected chi connectivity index (χ2v) is 5.86. The molecular weight excluding hydrogens is 296 g/mol. The van der Waals surface area contributed by atoms with Crippen LogP contribution in [-0.4, -0.2) is 22.3 Å². The van der Waals surface area contributed by atoms with Crippen molar-refractivity contribution in [3.63, 3.8) is 0 Å². The maximum absolute atomic E-state index is 12.2. The van der Waals surface area contributed by atoms with Gasteiger partial charge in [-0.2, -0.15) is 8.78 Å². The number of rotatable bonds is 4. The lowest BCUT2D eigenvalue weighted by molar-refractivity contribution is -0.157. The highest BCUT2D eigenvalue weighted by Gasteiger charge is 2.23. The Morgan fingerprint density at radius 2 is 2.05 bits per heavy atom. The van der Waals surface area contributed by atoms with E-state index in [4.69, 9.17) is 4.74 Å². The molecule has 2 rings (SSSR count). The number of ether oxygens (including phenoxy) is 2. The van der Waals surface area contributed by atoms with Crippen molar-refractivity contribution in [3.8, 4) is 11.6 Å². The van der Waals surface area contributed by atoms with Crippen molar-refractivity contribution in [1.82, 2.24) is 4.57 Å². The molecule has 22 heavy (non-hydrogen) atoms. The van der Waals surface area contributed by atoms with Gasteiger partial charge >= 0.3 is 12.6 Å². The molecule has 1 N–H and O–H groups in total. The van der Waals surface area contributed by atoms with Gasteiger partial charge in [0.2, 0.25) is 5.88 Å². The predicted octanol–water partition coefficient (Wildman–Crippen LogP) is 3.50. The molecule has 0 bridgehead atoms. The number of alkyl halides is 2. The monoisotopic (exact) mass is 313 g/mol. The molecule has 1 heterocycles. The standard InChI is InChI=1S/C15H17F2NO4/c1-15(2,3)13(20)21-8-18-7-9-4-5-10(22-14(16)17)6-11(9)12(18)19/h4-7,14,19H,8H2,1-3H3. The van der Waals surface area contributed by atoms with E-state index >= 15 is 0 Å². The van der Waals surface area contributed by atoms with Crippen LogP contribution < -0.4 is 4.74 Å². The molecule has 0 aliphatic rings. The van der Waals surface area contributed by atoms with Crippen LogP contribution in [0.3, 0.4) is 0 Å². The minimum atomic E-state index is -2.94. The summed E-state index contributed by atoms with van der Waals surface area (Å²) in [5.41, 5.74) is -0.652. The minimum Gasteiger partial charge on any atom is -0.494 e. The van der Waals surface area contributed by atoms with Gasteiger partial charge in [0, 0.05) is 17.0 Å². The molecule has 0 atom stereocenters. The summed E-state index contributed by atoms with van der Waals surface area (Å²) < 4.78 is 35.1. The largest absolute Gasteiger partial charge is 0.494 e. The van der Waals surface area contributed by atoms with Crippen molar-refractivity contribution in [2.75, 3.05) is 0 Å². The third kappa shape index (κ3) is 3.47. The average molecular weight is 313 g/mol. The van der Waals surface area contributed by atoms with E-state index in [9.17, 15) is 18.7 Å². The number of hydrogen-bond acceptors (Lipinski definition) is 4. The van der Waals surface area contributed by atoms with Crippen LogP contribution in [-0.2, 0) is 16.3 Å². The first-order chi connectivity index (χ1) is 10.2. The number of hydrogen-bond donors (Lipinski definition) is 1. The smallest absolute Gasteiger partial charge is 0.387 e. The molecule has 0 aliphatic heterocycles. The lowest BCUT2D eigenvalue weighted by atomic mass is 9.98. The number of carbonyl (C=O) groups excluding carboxylic acids is 1. The predicted molar refractivity (Wildman–Crippen MR) is 75.8 cm³/mol. The first-order valence-electron chi connectivity index (χ1n) is 6.62. The molecule has 5 nitrogen and oxygen atoms in total. The molecule has 1 aromatic heterocycles. The third-order valence-corrected chi connectivity index (χ3v) is 3.00. The normalized spacial score (nSPS) is 11.9. The maximum Gasteiger partial charge on any atom is 0.387 e. The van der Waals surface area contributed by atoms with Crippen LogP contribution in [0.4, 0.5) is 8.78 Å². The molecular formula is C15H17F2NO4. The summed E-state index contributed by atoms with van der Waals surface area (Å²) in [7, 11) is 0. The fourth-order valence-electron chi connectivity index (χ4n) is 1.84. The van der Waals surface area contributed by atoms with Gasteiger partial charge in [-0.3, -0.25) is 9.36 Å². The average Bonchev–Trinajstić information content (AvgIpc) is 2.71. The van der Waals surface area contributed by atoms with E-state index in [1.165, 1.54) is 22.8 Å². The number of aromatic nitrogens is 1. The van der Waals surface area contributed by atoms with Gasteiger partial charge in [-0.05, 0) is 39.0 Å². The molecule has 0 unspecified atom stereocenters. The molecule has 0 aliphatic carbocycles. The quantitative estimate of drug-likeness (QED) is 0.878. The van der Waals surface area contributed by atoms with E-state index in [2.05, 4.69) is 4.74 Å². The van der Waals surface area contributed by atoms with Gasteiger partial charge in [0.25, 0.3) is 0 Å². The molecule has 2 aromatic rings. The first-order valence-corrected chi connectivity index (χ1v) is 6.62. The number of fused-ring (bicyclic) bond motifs is 1. The van der Waals surface area contributed by atoms with E-state index in [1.807, 2.05) is 0 Å². The highest BCUT2D eigenvalue weighted by Crippen LogP contribution is 2.31. The van der Waals surface area contributed by atoms with E-state index < -0.39 is 18.0 Å². The summed E-state index contributed by atoms with van der Waals surface area (Å²) in [6, 6.07) is 4.22. The van der Waals surface area contributed by atoms with Crippen molar-refractivity contribution >= 4 is 16.7 Å². The molecule has 0 saturated carbocycles. The van der Waals surface area contributed by atoms with E-state index in [0.29, 0.717) is 10.8 Å². The summed E-state index contributed by atoms with van der Waals surface area (Å²) in [6.45, 7) is 2.05. The zero-order valence-electron chi connectivity index (χ0n) is 12.5. The van der Waals surface area contributed by atoms with E-state index in [0.717, 1.165) is 0 Å². The van der Waals surface area contributed by atoms with E-state index in [1.54, 1.807) is 27.0 Å². The van der Waals surface area contributed by atoms with Gasteiger partial charge in [-0.25, -0.2) is 0 Å². The van der Waals surface area contributed by atoms with Crippen LogP contribution in [0.15, 0.2) is 24.4 Å². The maximum atomic E-state index is 12.2. The van der Waals surface area contributed by atoms with Gasteiger partial charge < -0.3 is 14.6 Å². The molecule has 0 spiro atoms. The fraction of sp³-hybridized carbons (Fsp3) is 0.400. The molecule has 0 amide bonds. The van der Waals surface area contributed by atoms with Crippen LogP contribution in [0.2, 0.25) is 0 Å². The lowest BCUT2D eigenvalue weighted by Crippen LogP contribution is -2.23. The highest BCUT2D eigenvalue weighted by molar-refractivity contribution is 5.89. The van der Waals surface area contributed by atoms with Crippen LogP contribution >= 0.6 is 0 Å². The summed E-state index contributed by atoms with van der Waals surface area (Å²) in [5, 5.41) is 11.0. The SMILES string of the molecule is CC(C)(C)C(=O)OCn1cc2ccc(OC(F)F)cc2c1O. The van der Waals surface area contributed by atoms with Crippen molar-refractivity contribution in [3.05, 3.63) is 24.4 Å². The van der Waals surface area contributed by atoms with Gasteiger partial charge in [0.15, 0.2) is 6.73 Å². The summed E-state index contributed by atoms with van der Waals surface area (Å²) in [4.78, 5) is 11.7. The number of carbonyl (C=O) groups is 1. The molecule has 7 heteroatoms. The second kappa shape index (κ2) is 5.82. The summed E-state index contributed by atoms with van der Waals surface area (Å²) >= 11 is 0. The number of halogens is 2. The van der Waals surface area contributed by atoms with Gasteiger partial charge in [0.1, 0.15) is 5.75 Å². The van der Waals surface area contributed by atoms with Crippen molar-refractivity contribution in [1.29, 1.82) is 0 Å². The Balaban J connectivity index is 2.21. The van der Waals surface area contributed by atoms with Gasteiger partial charge in [-0.15, -0.1) is 0 Å². The van der Waals surface area contributed by atoms with Crippen molar-refractivity contribution < 1.29 is 28.2 Å². The molecule has 0 saturated heterocycles. The van der Waals surface area contributed by atoms with Crippen LogP contribution in [0.25, 0.3) is 10.8 Å². The molecule has 0 fully saturated rings. The Morgan fingerprint density at radius 1 is 1.36 bits per heavy atom.